The van der Waals surface area contributed by atoms with Crippen molar-refractivity contribution in [2.75, 3.05) is 0 Å². The van der Waals surface area contributed by atoms with Crippen molar-refractivity contribution in [1.82, 2.24) is 0 Å². The van der Waals surface area contributed by atoms with Crippen LogP contribution in [0, 0.1) is 0 Å². The van der Waals surface area contributed by atoms with E-state index in [-0.39, 0.29) is 0 Å². The summed E-state index contributed by atoms with van der Waals surface area (Å²) in [5.41, 5.74) is 10.6. The van der Waals surface area contributed by atoms with Gasteiger partial charge in [-0.1, -0.05) is 91.5 Å². The summed E-state index contributed by atoms with van der Waals surface area (Å²) in [4.78, 5) is 0. The van der Waals surface area contributed by atoms with E-state index in [1.807, 2.05) is 6.08 Å². The predicted octanol–water partition coefficient (Wildman–Crippen LogP) is 7.75. The second-order valence-corrected chi connectivity index (χ2v) is 7.35. The van der Waals surface area contributed by atoms with Gasteiger partial charge in [-0.15, -0.1) is 0 Å². The Kier molecular flexibility index (Phi) is 3.98. The van der Waals surface area contributed by atoms with E-state index in [1.165, 1.54) is 55.3 Å². The molecule has 0 saturated heterocycles. The summed E-state index contributed by atoms with van der Waals surface area (Å²) in [6, 6.07) is 26.4. The predicted molar refractivity (Wildman–Crippen MR) is 122 cm³/mol. The number of hydrogen-bond acceptors (Lipinski definition) is 0. The first-order valence-electron chi connectivity index (χ1n) is 9.83. The maximum atomic E-state index is 4.19. The van der Waals surface area contributed by atoms with Crippen LogP contribution in [0.5, 0.6) is 0 Å². The number of benzene rings is 4. The molecule has 0 heteroatoms. The van der Waals surface area contributed by atoms with Crippen molar-refractivity contribution in [3.05, 3.63) is 108 Å². The molecule has 5 rings (SSSR count). The van der Waals surface area contributed by atoms with E-state index in [0.29, 0.717) is 0 Å². The number of rotatable bonds is 3. The highest BCUT2D eigenvalue weighted by Gasteiger charge is 2.24. The monoisotopic (exact) mass is 358 g/mol. The third-order valence-electron chi connectivity index (χ3n) is 5.77. The highest BCUT2D eigenvalue weighted by molar-refractivity contribution is 6.01. The van der Waals surface area contributed by atoms with E-state index in [2.05, 4.69) is 98.5 Å². The topological polar surface area (TPSA) is 0 Å². The van der Waals surface area contributed by atoms with Gasteiger partial charge in [-0.3, -0.25) is 0 Å². The first-order chi connectivity index (χ1) is 13.8. The molecular formula is C28H22. The molecule has 0 bridgehead atoms. The average Bonchev–Trinajstić information content (AvgIpc) is 3.11. The molecule has 0 radical (unpaired) electrons. The van der Waals surface area contributed by atoms with Gasteiger partial charge in [0.15, 0.2) is 0 Å². The summed E-state index contributed by atoms with van der Waals surface area (Å²) in [5.74, 6) is 0. The van der Waals surface area contributed by atoms with E-state index >= 15 is 0 Å². The third kappa shape index (κ3) is 2.46. The standard InChI is InChI=1S/C28H22/c1-3-10-25-22(4-2)28-21(17-20-12-6-8-15-24(20)28)18-27(25)26-16-9-13-19-11-5-7-14-23(19)26/h3-16,18H,2,17H2,1H3/b10-3-. The maximum Gasteiger partial charge on any atom is -0.00130 e. The first kappa shape index (κ1) is 16.8. The molecule has 4 aromatic carbocycles. The van der Waals surface area contributed by atoms with Crippen molar-refractivity contribution >= 4 is 22.9 Å². The Morgan fingerprint density at radius 3 is 2.36 bits per heavy atom. The van der Waals surface area contributed by atoms with Gasteiger partial charge < -0.3 is 0 Å². The second kappa shape index (κ2) is 6.65. The summed E-state index contributed by atoms with van der Waals surface area (Å²) in [6.07, 6.45) is 7.38. The van der Waals surface area contributed by atoms with Gasteiger partial charge in [0, 0.05) is 0 Å². The number of fused-ring (bicyclic) bond motifs is 4. The largest absolute Gasteiger partial charge is 0.0984 e. The van der Waals surface area contributed by atoms with Gasteiger partial charge in [-0.2, -0.15) is 0 Å². The maximum absolute atomic E-state index is 4.19. The molecule has 0 nitrogen and oxygen atoms in total. The average molecular weight is 358 g/mol. The molecule has 28 heavy (non-hydrogen) atoms. The van der Waals surface area contributed by atoms with Crippen LogP contribution >= 0.6 is 0 Å². The molecule has 0 amide bonds. The molecule has 0 heterocycles. The minimum atomic E-state index is 0.986. The normalized spacial score (nSPS) is 12.3. The molecule has 1 aliphatic carbocycles. The Hall–Kier alpha value is -3.38. The zero-order valence-corrected chi connectivity index (χ0v) is 16.1. The van der Waals surface area contributed by atoms with Gasteiger partial charge in [0.05, 0.1) is 0 Å². The van der Waals surface area contributed by atoms with Crippen molar-refractivity contribution in [1.29, 1.82) is 0 Å². The van der Waals surface area contributed by atoms with Gasteiger partial charge in [0.25, 0.3) is 0 Å². The molecule has 0 unspecified atom stereocenters. The van der Waals surface area contributed by atoms with Crippen molar-refractivity contribution in [2.45, 2.75) is 13.3 Å². The SMILES string of the molecule is C=Cc1c(/C=C\C)c(-c2cccc3ccccc23)cc2c1-c1ccccc1C2. The van der Waals surface area contributed by atoms with E-state index in [1.54, 1.807) is 0 Å². The fourth-order valence-corrected chi connectivity index (χ4v) is 4.60. The summed E-state index contributed by atoms with van der Waals surface area (Å²) in [7, 11) is 0. The Balaban J connectivity index is 1.88. The van der Waals surface area contributed by atoms with Gasteiger partial charge in [-0.25, -0.2) is 0 Å². The van der Waals surface area contributed by atoms with Crippen LogP contribution in [0.3, 0.4) is 0 Å². The molecule has 0 aromatic heterocycles. The van der Waals surface area contributed by atoms with E-state index < -0.39 is 0 Å². The Labute approximate surface area is 166 Å². The number of allylic oxidation sites excluding steroid dienone is 1. The van der Waals surface area contributed by atoms with E-state index in [9.17, 15) is 0 Å². The van der Waals surface area contributed by atoms with Gasteiger partial charge in [0.1, 0.15) is 0 Å². The molecule has 0 spiro atoms. The summed E-state index contributed by atoms with van der Waals surface area (Å²) < 4.78 is 0. The van der Waals surface area contributed by atoms with Crippen LogP contribution < -0.4 is 0 Å². The molecule has 134 valence electrons. The zero-order valence-electron chi connectivity index (χ0n) is 16.1. The Bertz CT molecular complexity index is 1250. The molecule has 1 aliphatic rings. The van der Waals surface area contributed by atoms with Crippen LogP contribution in [-0.4, -0.2) is 0 Å². The molecule has 4 aromatic rings. The molecule has 0 saturated carbocycles. The van der Waals surface area contributed by atoms with E-state index in [4.69, 9.17) is 0 Å². The fourth-order valence-electron chi connectivity index (χ4n) is 4.60. The highest BCUT2D eigenvalue weighted by Crippen LogP contribution is 2.45. The van der Waals surface area contributed by atoms with Crippen molar-refractivity contribution < 1.29 is 0 Å². The Morgan fingerprint density at radius 2 is 1.50 bits per heavy atom. The molecular weight excluding hydrogens is 336 g/mol. The minimum absolute atomic E-state index is 0.986. The van der Waals surface area contributed by atoms with Crippen molar-refractivity contribution in [2.24, 2.45) is 0 Å². The summed E-state index contributed by atoms with van der Waals surface area (Å²) in [5, 5.41) is 2.57. The van der Waals surface area contributed by atoms with E-state index in [0.717, 1.165) is 6.42 Å². The quantitative estimate of drug-likeness (QED) is 0.309. The second-order valence-electron chi connectivity index (χ2n) is 7.35. The lowest BCUT2D eigenvalue weighted by Crippen LogP contribution is -1.95. The summed E-state index contributed by atoms with van der Waals surface area (Å²) >= 11 is 0. The van der Waals surface area contributed by atoms with Crippen molar-refractivity contribution in [3.8, 4) is 22.3 Å². The van der Waals surface area contributed by atoms with Crippen LogP contribution in [0.4, 0.5) is 0 Å². The lowest BCUT2D eigenvalue weighted by atomic mass is 9.86. The smallest absolute Gasteiger partial charge is 0.00130 e. The zero-order chi connectivity index (χ0) is 19.1. The third-order valence-corrected chi connectivity index (χ3v) is 5.77. The molecule has 0 atom stereocenters. The lowest BCUT2D eigenvalue weighted by molar-refractivity contribution is 1.26. The van der Waals surface area contributed by atoms with Gasteiger partial charge in [-0.05, 0) is 74.7 Å². The van der Waals surface area contributed by atoms with Gasteiger partial charge >= 0.3 is 0 Å². The Morgan fingerprint density at radius 1 is 0.750 bits per heavy atom. The lowest BCUT2D eigenvalue weighted by Gasteiger charge is -2.17. The van der Waals surface area contributed by atoms with Crippen molar-refractivity contribution in [3.63, 3.8) is 0 Å². The summed E-state index contributed by atoms with van der Waals surface area (Å²) in [6.45, 7) is 6.27. The van der Waals surface area contributed by atoms with Crippen LogP contribution in [0.2, 0.25) is 0 Å². The fraction of sp³-hybridized carbons (Fsp3) is 0.0714. The van der Waals surface area contributed by atoms with Crippen LogP contribution in [0.25, 0.3) is 45.2 Å². The molecule has 0 fully saturated rings. The number of hydrogen-bond donors (Lipinski definition) is 0. The van der Waals surface area contributed by atoms with Crippen LogP contribution in [0.1, 0.15) is 29.2 Å². The highest BCUT2D eigenvalue weighted by atomic mass is 14.3. The first-order valence-corrected chi connectivity index (χ1v) is 9.83. The van der Waals surface area contributed by atoms with Crippen LogP contribution in [-0.2, 0) is 6.42 Å². The minimum Gasteiger partial charge on any atom is -0.0984 e. The molecule has 0 N–H and O–H groups in total. The van der Waals surface area contributed by atoms with Crippen LogP contribution in [0.15, 0.2) is 85.5 Å². The van der Waals surface area contributed by atoms with Gasteiger partial charge in [0.2, 0.25) is 0 Å². The molecule has 0 aliphatic heterocycles.